The van der Waals surface area contributed by atoms with E-state index < -0.39 is 6.09 Å². The second-order valence-corrected chi connectivity index (χ2v) is 6.73. The molecule has 1 unspecified atom stereocenters. The Morgan fingerprint density at radius 2 is 2.12 bits per heavy atom. The number of rotatable bonds is 3. The van der Waals surface area contributed by atoms with Crippen LogP contribution in [0.5, 0.6) is 0 Å². The lowest BCUT2D eigenvalue weighted by Crippen LogP contribution is -2.46. The van der Waals surface area contributed by atoms with Crippen molar-refractivity contribution in [1.29, 1.82) is 0 Å². The van der Waals surface area contributed by atoms with Gasteiger partial charge in [0.1, 0.15) is 12.3 Å². The summed E-state index contributed by atoms with van der Waals surface area (Å²) >= 11 is 3.42. The predicted molar refractivity (Wildman–Crippen MR) is 93.7 cm³/mol. The topological polar surface area (TPSA) is 85.5 Å². The largest absolute Gasteiger partial charge is 0.448 e. The number of halogens is 1. The normalized spacial score (nSPS) is 17.7. The SMILES string of the molecule is NC(=O)OCC1CCCCN1C(=O)c1ccc2cc(Br)ccc2n1. The highest BCUT2D eigenvalue weighted by Gasteiger charge is 2.29. The number of nitrogens with zero attached hydrogens (tertiary/aromatic N) is 2. The Morgan fingerprint density at radius 1 is 1.29 bits per heavy atom. The number of carbonyl (C=O) groups excluding carboxylic acids is 2. The van der Waals surface area contributed by atoms with Gasteiger partial charge in [0.25, 0.3) is 5.91 Å². The molecule has 0 spiro atoms. The Balaban J connectivity index is 1.83. The quantitative estimate of drug-likeness (QED) is 0.870. The van der Waals surface area contributed by atoms with Gasteiger partial charge in [-0.2, -0.15) is 0 Å². The summed E-state index contributed by atoms with van der Waals surface area (Å²) in [5, 5.41) is 0.966. The van der Waals surface area contributed by atoms with Gasteiger partial charge in [-0.3, -0.25) is 4.79 Å². The molecule has 2 heterocycles. The first-order valence-electron chi connectivity index (χ1n) is 7.84. The lowest BCUT2D eigenvalue weighted by molar-refractivity contribution is 0.0457. The summed E-state index contributed by atoms with van der Waals surface area (Å²) in [7, 11) is 0. The fourth-order valence-corrected chi connectivity index (χ4v) is 3.36. The Hall–Kier alpha value is -2.15. The standard InChI is InChI=1S/C17H18BrN3O3/c18-12-5-7-14-11(9-12)4-6-15(20-14)16(22)21-8-2-1-3-13(21)10-24-17(19)23/h4-7,9,13H,1-3,8,10H2,(H2,19,23). The molecule has 126 valence electrons. The van der Waals surface area contributed by atoms with Crippen molar-refractivity contribution in [3.05, 3.63) is 40.5 Å². The van der Waals surface area contributed by atoms with Crippen LogP contribution in [-0.4, -0.2) is 41.1 Å². The average molecular weight is 392 g/mol. The zero-order valence-electron chi connectivity index (χ0n) is 13.1. The molecule has 0 aliphatic carbocycles. The van der Waals surface area contributed by atoms with Gasteiger partial charge >= 0.3 is 6.09 Å². The van der Waals surface area contributed by atoms with Crippen LogP contribution in [0.3, 0.4) is 0 Å². The summed E-state index contributed by atoms with van der Waals surface area (Å²) in [5.74, 6) is -0.141. The fraction of sp³-hybridized carbons (Fsp3) is 0.353. The summed E-state index contributed by atoms with van der Waals surface area (Å²) < 4.78 is 5.87. The number of fused-ring (bicyclic) bond motifs is 1. The highest BCUT2D eigenvalue weighted by atomic mass is 79.9. The van der Waals surface area contributed by atoms with Gasteiger partial charge in [-0.25, -0.2) is 9.78 Å². The van der Waals surface area contributed by atoms with Gasteiger partial charge in [0.05, 0.1) is 11.6 Å². The van der Waals surface area contributed by atoms with Crippen LogP contribution in [0.2, 0.25) is 0 Å². The van der Waals surface area contributed by atoms with Crippen LogP contribution in [0.15, 0.2) is 34.8 Å². The molecule has 1 aromatic carbocycles. The lowest BCUT2D eigenvalue weighted by Gasteiger charge is -2.35. The van der Waals surface area contributed by atoms with E-state index in [1.54, 1.807) is 11.0 Å². The third-order valence-electron chi connectivity index (χ3n) is 4.18. The highest BCUT2D eigenvalue weighted by Crippen LogP contribution is 2.22. The number of hydrogen-bond donors (Lipinski definition) is 1. The van der Waals surface area contributed by atoms with Crippen molar-refractivity contribution in [3.8, 4) is 0 Å². The molecule has 3 rings (SSSR count). The number of nitrogens with two attached hydrogens (primary N) is 1. The number of aromatic nitrogens is 1. The highest BCUT2D eigenvalue weighted by molar-refractivity contribution is 9.10. The molecule has 0 bridgehead atoms. The number of piperidine rings is 1. The number of pyridine rings is 1. The number of hydrogen-bond acceptors (Lipinski definition) is 4. The van der Waals surface area contributed by atoms with Crippen LogP contribution < -0.4 is 5.73 Å². The van der Waals surface area contributed by atoms with Gasteiger partial charge in [0.2, 0.25) is 0 Å². The molecule has 2 N–H and O–H groups in total. The van der Waals surface area contributed by atoms with E-state index in [1.807, 2.05) is 24.3 Å². The van der Waals surface area contributed by atoms with E-state index in [9.17, 15) is 9.59 Å². The van der Waals surface area contributed by atoms with Crippen molar-refractivity contribution in [2.45, 2.75) is 25.3 Å². The van der Waals surface area contributed by atoms with E-state index in [0.717, 1.165) is 34.6 Å². The molecule has 2 aromatic rings. The van der Waals surface area contributed by atoms with Crippen molar-refractivity contribution in [3.63, 3.8) is 0 Å². The van der Waals surface area contributed by atoms with E-state index in [2.05, 4.69) is 20.9 Å². The third kappa shape index (κ3) is 3.67. The monoisotopic (exact) mass is 391 g/mol. The summed E-state index contributed by atoms with van der Waals surface area (Å²) in [6, 6.07) is 9.20. The molecule has 6 nitrogen and oxygen atoms in total. The van der Waals surface area contributed by atoms with Crippen LogP contribution in [0, 0.1) is 0 Å². The Morgan fingerprint density at radius 3 is 2.92 bits per heavy atom. The molecule has 0 saturated carbocycles. The molecule has 1 aromatic heterocycles. The number of benzene rings is 1. The molecule has 24 heavy (non-hydrogen) atoms. The van der Waals surface area contributed by atoms with E-state index in [0.29, 0.717) is 12.2 Å². The van der Waals surface area contributed by atoms with E-state index in [4.69, 9.17) is 10.5 Å². The summed E-state index contributed by atoms with van der Waals surface area (Å²) in [6.07, 6.45) is 1.90. The second kappa shape index (κ2) is 7.17. The molecule has 2 amide bonds. The van der Waals surface area contributed by atoms with Crippen LogP contribution in [0.25, 0.3) is 10.9 Å². The number of carbonyl (C=O) groups is 2. The van der Waals surface area contributed by atoms with Crippen LogP contribution in [0.4, 0.5) is 4.79 Å². The molecule has 1 atom stereocenters. The maximum absolute atomic E-state index is 12.8. The third-order valence-corrected chi connectivity index (χ3v) is 4.67. The predicted octanol–water partition coefficient (Wildman–Crippen LogP) is 3.09. The van der Waals surface area contributed by atoms with E-state index >= 15 is 0 Å². The van der Waals surface area contributed by atoms with Gasteiger partial charge in [-0.15, -0.1) is 0 Å². The van der Waals surface area contributed by atoms with Gasteiger partial charge < -0.3 is 15.4 Å². The van der Waals surface area contributed by atoms with Crippen LogP contribution in [-0.2, 0) is 4.74 Å². The molecular weight excluding hydrogens is 374 g/mol. The number of primary amides is 1. The van der Waals surface area contributed by atoms with Gasteiger partial charge in [0, 0.05) is 16.4 Å². The summed E-state index contributed by atoms with van der Waals surface area (Å²) in [5.41, 5.74) is 6.20. The zero-order valence-corrected chi connectivity index (χ0v) is 14.7. The molecule has 1 aliphatic heterocycles. The zero-order chi connectivity index (χ0) is 17.1. The first kappa shape index (κ1) is 16.7. The van der Waals surface area contributed by atoms with Crippen LogP contribution in [0.1, 0.15) is 29.8 Å². The first-order chi connectivity index (χ1) is 11.5. The van der Waals surface area contributed by atoms with Gasteiger partial charge in [-0.1, -0.05) is 22.0 Å². The minimum absolute atomic E-state index is 0.127. The van der Waals surface area contributed by atoms with Gasteiger partial charge in [-0.05, 0) is 43.5 Å². The van der Waals surface area contributed by atoms with Crippen molar-refractivity contribution >= 4 is 38.8 Å². The number of likely N-dealkylation sites (tertiary alicyclic amines) is 1. The fourth-order valence-electron chi connectivity index (χ4n) is 2.98. The first-order valence-corrected chi connectivity index (χ1v) is 8.63. The molecule has 1 saturated heterocycles. The Labute approximate surface area is 148 Å². The maximum Gasteiger partial charge on any atom is 0.404 e. The summed E-state index contributed by atoms with van der Waals surface area (Å²) in [6.45, 7) is 0.757. The maximum atomic E-state index is 12.8. The molecule has 7 heteroatoms. The average Bonchev–Trinajstić information content (AvgIpc) is 2.59. The van der Waals surface area contributed by atoms with Crippen molar-refractivity contribution in [1.82, 2.24) is 9.88 Å². The summed E-state index contributed by atoms with van der Waals surface area (Å²) in [4.78, 5) is 29.9. The minimum atomic E-state index is -0.817. The van der Waals surface area contributed by atoms with Crippen LogP contribution >= 0.6 is 15.9 Å². The van der Waals surface area contributed by atoms with Crippen molar-refractivity contribution < 1.29 is 14.3 Å². The molecular formula is C17H18BrN3O3. The lowest BCUT2D eigenvalue weighted by atomic mass is 10.0. The molecule has 0 radical (unpaired) electrons. The molecule has 1 fully saturated rings. The Kier molecular flexibility index (Phi) is 4.99. The second-order valence-electron chi connectivity index (χ2n) is 5.81. The van der Waals surface area contributed by atoms with E-state index in [-0.39, 0.29) is 18.6 Å². The minimum Gasteiger partial charge on any atom is -0.448 e. The smallest absolute Gasteiger partial charge is 0.404 e. The van der Waals surface area contributed by atoms with Crippen molar-refractivity contribution in [2.24, 2.45) is 5.73 Å². The number of ether oxygens (including phenoxy) is 1. The van der Waals surface area contributed by atoms with Crippen molar-refractivity contribution in [2.75, 3.05) is 13.2 Å². The Bertz CT molecular complexity index is 781. The molecule has 1 aliphatic rings. The van der Waals surface area contributed by atoms with E-state index in [1.165, 1.54) is 0 Å². The number of amides is 2. The van der Waals surface area contributed by atoms with Gasteiger partial charge in [0.15, 0.2) is 0 Å².